The summed E-state index contributed by atoms with van der Waals surface area (Å²) in [6.07, 6.45) is 1.24. The van der Waals surface area contributed by atoms with Crippen LogP contribution in [-0.4, -0.2) is 43.5 Å². The molecule has 1 aromatic rings. The van der Waals surface area contributed by atoms with E-state index in [0.29, 0.717) is 11.4 Å². The van der Waals surface area contributed by atoms with Gasteiger partial charge in [-0.15, -0.1) is 0 Å². The van der Waals surface area contributed by atoms with Gasteiger partial charge in [-0.1, -0.05) is 13.5 Å². The number of nitrogen functional groups attached to an aromatic ring is 1. The Morgan fingerprint density at radius 1 is 1.40 bits per heavy atom. The summed E-state index contributed by atoms with van der Waals surface area (Å²) in [6.45, 7) is 10.8. The first kappa shape index (κ1) is 14.4. The van der Waals surface area contributed by atoms with E-state index in [0.717, 1.165) is 38.4 Å². The molecule has 0 unspecified atom stereocenters. The van der Waals surface area contributed by atoms with E-state index < -0.39 is 0 Å². The fourth-order valence-electron chi connectivity index (χ4n) is 2.36. The lowest BCUT2D eigenvalue weighted by Gasteiger charge is -2.35. The lowest BCUT2D eigenvalue weighted by molar-refractivity contribution is -0.111. The van der Waals surface area contributed by atoms with E-state index in [4.69, 9.17) is 5.73 Å². The second-order valence-corrected chi connectivity index (χ2v) is 4.89. The van der Waals surface area contributed by atoms with Crippen LogP contribution in [0, 0.1) is 0 Å². The lowest BCUT2D eigenvalue weighted by atomic mass is 10.2. The summed E-state index contributed by atoms with van der Waals surface area (Å²) in [5, 5.41) is 2.74. The van der Waals surface area contributed by atoms with Crippen molar-refractivity contribution in [2.75, 3.05) is 48.7 Å². The summed E-state index contributed by atoms with van der Waals surface area (Å²) in [5.74, 6) is -0.246. The molecule has 0 aliphatic carbocycles. The highest BCUT2D eigenvalue weighted by atomic mass is 16.1. The second-order valence-electron chi connectivity index (χ2n) is 4.89. The van der Waals surface area contributed by atoms with Gasteiger partial charge in [0.15, 0.2) is 0 Å². The third-order valence-electron chi connectivity index (χ3n) is 3.66. The van der Waals surface area contributed by atoms with Crippen molar-refractivity contribution in [3.05, 3.63) is 30.9 Å². The number of piperazine rings is 1. The Morgan fingerprint density at radius 2 is 2.10 bits per heavy atom. The molecule has 1 aromatic carbocycles. The third-order valence-corrected chi connectivity index (χ3v) is 3.66. The van der Waals surface area contributed by atoms with Crippen LogP contribution in [0.4, 0.5) is 17.1 Å². The van der Waals surface area contributed by atoms with Crippen LogP contribution in [0.15, 0.2) is 30.9 Å². The first-order valence-electron chi connectivity index (χ1n) is 6.94. The van der Waals surface area contributed by atoms with Gasteiger partial charge < -0.3 is 20.9 Å². The highest BCUT2D eigenvalue weighted by molar-refractivity contribution is 6.01. The van der Waals surface area contributed by atoms with Crippen molar-refractivity contribution in [1.82, 2.24) is 4.90 Å². The van der Waals surface area contributed by atoms with Gasteiger partial charge in [0.25, 0.3) is 0 Å². The summed E-state index contributed by atoms with van der Waals surface area (Å²) in [6, 6.07) is 5.76. The van der Waals surface area contributed by atoms with E-state index in [-0.39, 0.29) is 5.91 Å². The molecular weight excluding hydrogens is 252 g/mol. The number of nitrogens with one attached hydrogen (secondary N) is 1. The van der Waals surface area contributed by atoms with E-state index in [1.54, 1.807) is 0 Å². The molecule has 0 radical (unpaired) electrons. The number of carbonyl (C=O) groups is 1. The van der Waals surface area contributed by atoms with Crippen molar-refractivity contribution in [2.45, 2.75) is 6.92 Å². The van der Waals surface area contributed by atoms with Crippen molar-refractivity contribution in [2.24, 2.45) is 0 Å². The molecule has 1 fully saturated rings. The van der Waals surface area contributed by atoms with Crippen LogP contribution in [-0.2, 0) is 4.79 Å². The Hall–Kier alpha value is -2.01. The molecule has 0 spiro atoms. The molecule has 3 N–H and O–H groups in total. The molecule has 1 aliphatic heterocycles. The van der Waals surface area contributed by atoms with Crippen molar-refractivity contribution in [3.8, 4) is 0 Å². The number of nitrogens with zero attached hydrogens (tertiary/aromatic N) is 2. The minimum Gasteiger partial charge on any atom is -0.397 e. The number of hydrogen-bond acceptors (Lipinski definition) is 4. The quantitative estimate of drug-likeness (QED) is 0.646. The van der Waals surface area contributed by atoms with Crippen LogP contribution in [0.1, 0.15) is 6.92 Å². The maximum Gasteiger partial charge on any atom is 0.247 e. The van der Waals surface area contributed by atoms with Gasteiger partial charge in [0.05, 0.1) is 11.4 Å². The van der Waals surface area contributed by atoms with Crippen molar-refractivity contribution < 1.29 is 4.79 Å². The van der Waals surface area contributed by atoms with Gasteiger partial charge in [-0.3, -0.25) is 4.79 Å². The number of anilines is 3. The number of amides is 1. The minimum atomic E-state index is -0.246. The Balaban J connectivity index is 2.11. The zero-order chi connectivity index (χ0) is 14.5. The summed E-state index contributed by atoms with van der Waals surface area (Å²) < 4.78 is 0. The number of nitrogens with two attached hydrogens (primary N) is 1. The normalized spacial score (nSPS) is 15.9. The molecule has 2 rings (SSSR count). The van der Waals surface area contributed by atoms with E-state index >= 15 is 0 Å². The fourth-order valence-corrected chi connectivity index (χ4v) is 2.36. The minimum absolute atomic E-state index is 0.246. The molecule has 0 aromatic heterocycles. The lowest BCUT2D eigenvalue weighted by Crippen LogP contribution is -2.46. The zero-order valence-corrected chi connectivity index (χ0v) is 11.9. The number of hydrogen-bond donors (Lipinski definition) is 2. The molecule has 0 saturated carbocycles. The molecule has 20 heavy (non-hydrogen) atoms. The van der Waals surface area contributed by atoms with Gasteiger partial charge in [-0.2, -0.15) is 0 Å². The topological polar surface area (TPSA) is 61.6 Å². The van der Waals surface area contributed by atoms with Crippen LogP contribution < -0.4 is 16.0 Å². The molecule has 0 bridgehead atoms. The molecule has 1 amide bonds. The standard InChI is InChI=1S/C15H22N4O/c1-3-15(20)17-14-11-12(5-6-13(14)16)19-9-7-18(4-2)8-10-19/h3,5-6,11H,1,4,7-10,16H2,2H3,(H,17,20). The smallest absolute Gasteiger partial charge is 0.247 e. The van der Waals surface area contributed by atoms with Crippen LogP contribution in [0.25, 0.3) is 0 Å². The Kier molecular flexibility index (Phi) is 4.63. The third kappa shape index (κ3) is 3.30. The maximum absolute atomic E-state index is 11.4. The predicted molar refractivity (Wildman–Crippen MR) is 84.0 cm³/mol. The highest BCUT2D eigenvalue weighted by Crippen LogP contribution is 2.26. The van der Waals surface area contributed by atoms with E-state index in [9.17, 15) is 4.79 Å². The largest absolute Gasteiger partial charge is 0.397 e. The Labute approximate surface area is 120 Å². The van der Waals surface area contributed by atoms with E-state index in [1.165, 1.54) is 6.08 Å². The highest BCUT2D eigenvalue weighted by Gasteiger charge is 2.16. The first-order valence-corrected chi connectivity index (χ1v) is 6.94. The van der Waals surface area contributed by atoms with E-state index in [1.807, 2.05) is 18.2 Å². The van der Waals surface area contributed by atoms with Crippen LogP contribution >= 0.6 is 0 Å². The summed E-state index contributed by atoms with van der Waals surface area (Å²) >= 11 is 0. The predicted octanol–water partition coefficient (Wildman–Crippen LogP) is 1.54. The van der Waals surface area contributed by atoms with E-state index in [2.05, 4.69) is 28.6 Å². The zero-order valence-electron chi connectivity index (χ0n) is 11.9. The fraction of sp³-hybridized carbons (Fsp3) is 0.400. The van der Waals surface area contributed by atoms with Crippen molar-refractivity contribution >= 4 is 23.0 Å². The van der Waals surface area contributed by atoms with Crippen LogP contribution in [0.5, 0.6) is 0 Å². The molecule has 1 aliphatic rings. The monoisotopic (exact) mass is 274 g/mol. The average molecular weight is 274 g/mol. The van der Waals surface area contributed by atoms with Gasteiger partial charge >= 0.3 is 0 Å². The molecule has 0 atom stereocenters. The van der Waals surface area contributed by atoms with Gasteiger partial charge in [0, 0.05) is 31.9 Å². The molecule has 5 nitrogen and oxygen atoms in total. The molecule has 1 saturated heterocycles. The van der Waals surface area contributed by atoms with Gasteiger partial charge in [0.2, 0.25) is 5.91 Å². The summed E-state index contributed by atoms with van der Waals surface area (Å²) in [4.78, 5) is 16.1. The SMILES string of the molecule is C=CC(=O)Nc1cc(N2CCN(CC)CC2)ccc1N. The van der Waals surface area contributed by atoms with Gasteiger partial charge in [0.1, 0.15) is 0 Å². The molecule has 1 heterocycles. The number of likely N-dealkylation sites (N-methyl/N-ethyl adjacent to an activating group) is 1. The number of benzene rings is 1. The van der Waals surface area contributed by atoms with Crippen molar-refractivity contribution in [3.63, 3.8) is 0 Å². The van der Waals surface area contributed by atoms with Gasteiger partial charge in [-0.05, 0) is 30.8 Å². The van der Waals surface area contributed by atoms with Gasteiger partial charge in [-0.25, -0.2) is 0 Å². The molecule has 5 heteroatoms. The number of carbonyl (C=O) groups excluding carboxylic acids is 1. The summed E-state index contributed by atoms with van der Waals surface area (Å²) in [5.41, 5.74) is 8.19. The molecular formula is C15H22N4O. The Morgan fingerprint density at radius 3 is 2.70 bits per heavy atom. The maximum atomic E-state index is 11.4. The summed E-state index contributed by atoms with van der Waals surface area (Å²) in [7, 11) is 0. The van der Waals surface area contributed by atoms with Crippen molar-refractivity contribution in [1.29, 1.82) is 0 Å². The van der Waals surface area contributed by atoms with Crippen LogP contribution in [0.3, 0.4) is 0 Å². The first-order chi connectivity index (χ1) is 9.63. The molecule has 108 valence electrons. The Bertz CT molecular complexity index is 493. The van der Waals surface area contributed by atoms with Crippen LogP contribution in [0.2, 0.25) is 0 Å². The average Bonchev–Trinajstić information content (AvgIpc) is 2.49. The second kappa shape index (κ2) is 6.43. The number of rotatable bonds is 4.